The second-order valence-corrected chi connectivity index (χ2v) is 5.19. The summed E-state index contributed by atoms with van der Waals surface area (Å²) >= 11 is 0. The van der Waals surface area contributed by atoms with Gasteiger partial charge in [-0.3, -0.25) is 9.78 Å². The van der Waals surface area contributed by atoms with E-state index in [1.54, 1.807) is 17.3 Å². The number of pyridine rings is 1. The fraction of sp³-hybridized carbons (Fsp3) is 0.571. The van der Waals surface area contributed by atoms with Crippen molar-refractivity contribution in [1.82, 2.24) is 15.2 Å². The molecule has 1 amide bonds. The van der Waals surface area contributed by atoms with Gasteiger partial charge in [0, 0.05) is 26.0 Å². The molecule has 2 rings (SSSR count). The molecule has 1 saturated heterocycles. The van der Waals surface area contributed by atoms with Gasteiger partial charge in [0.2, 0.25) is 5.91 Å². The van der Waals surface area contributed by atoms with Crippen LogP contribution in [0.4, 0.5) is 0 Å². The molecule has 0 bridgehead atoms. The molecule has 0 spiro atoms. The van der Waals surface area contributed by atoms with Gasteiger partial charge in [-0.05, 0) is 43.0 Å². The number of rotatable bonds is 3. The van der Waals surface area contributed by atoms with Gasteiger partial charge in [-0.25, -0.2) is 0 Å². The van der Waals surface area contributed by atoms with Gasteiger partial charge < -0.3 is 10.2 Å². The lowest BCUT2D eigenvalue weighted by Crippen LogP contribution is -2.48. The van der Waals surface area contributed by atoms with Crippen molar-refractivity contribution in [2.24, 2.45) is 5.92 Å². The van der Waals surface area contributed by atoms with Crippen molar-refractivity contribution in [3.63, 3.8) is 0 Å². The summed E-state index contributed by atoms with van der Waals surface area (Å²) in [5.41, 5.74) is 1.12. The highest BCUT2D eigenvalue weighted by Gasteiger charge is 2.26. The molecule has 4 nitrogen and oxygen atoms in total. The van der Waals surface area contributed by atoms with Gasteiger partial charge in [0.05, 0.1) is 6.04 Å². The zero-order valence-electron chi connectivity index (χ0n) is 11.1. The number of aromatic nitrogens is 1. The first-order chi connectivity index (χ1) is 8.66. The molecule has 1 aliphatic heterocycles. The number of amides is 1. The van der Waals surface area contributed by atoms with Crippen LogP contribution in [-0.4, -0.2) is 35.4 Å². The number of piperidine rings is 1. The predicted octanol–water partition coefficient (Wildman–Crippen LogP) is 1.43. The Hall–Kier alpha value is -1.42. The average Bonchev–Trinajstić information content (AvgIpc) is 2.39. The van der Waals surface area contributed by atoms with Gasteiger partial charge >= 0.3 is 0 Å². The molecule has 2 atom stereocenters. The van der Waals surface area contributed by atoms with Crippen LogP contribution >= 0.6 is 0 Å². The highest BCUT2D eigenvalue weighted by Crippen LogP contribution is 2.16. The molecule has 98 valence electrons. The van der Waals surface area contributed by atoms with Crippen LogP contribution in [0, 0.1) is 5.92 Å². The zero-order valence-corrected chi connectivity index (χ0v) is 11.1. The summed E-state index contributed by atoms with van der Waals surface area (Å²) < 4.78 is 0. The molecule has 1 aromatic rings. The number of hydrogen-bond acceptors (Lipinski definition) is 3. The number of hydrogen-bond donors (Lipinski definition) is 1. The van der Waals surface area contributed by atoms with Crippen molar-refractivity contribution in [3.8, 4) is 0 Å². The van der Waals surface area contributed by atoms with Crippen molar-refractivity contribution in [2.75, 3.05) is 13.6 Å². The number of nitrogens with zero attached hydrogens (tertiary/aromatic N) is 2. The minimum absolute atomic E-state index is 0.0133. The molecule has 1 N–H and O–H groups in total. The molecule has 1 aliphatic rings. The van der Waals surface area contributed by atoms with E-state index in [1.165, 1.54) is 0 Å². The zero-order chi connectivity index (χ0) is 13.0. The van der Waals surface area contributed by atoms with E-state index in [4.69, 9.17) is 0 Å². The number of carbonyl (C=O) groups is 1. The lowest BCUT2D eigenvalue weighted by molar-refractivity contribution is -0.133. The fourth-order valence-corrected chi connectivity index (χ4v) is 2.40. The molecule has 4 heteroatoms. The Bertz CT molecular complexity index is 393. The smallest absolute Gasteiger partial charge is 0.239 e. The van der Waals surface area contributed by atoms with Crippen LogP contribution in [0.25, 0.3) is 0 Å². The minimum Gasteiger partial charge on any atom is -0.340 e. The number of nitrogens with one attached hydrogen (secondary N) is 1. The van der Waals surface area contributed by atoms with Crippen molar-refractivity contribution in [2.45, 2.75) is 32.4 Å². The summed E-state index contributed by atoms with van der Waals surface area (Å²) in [5.74, 6) is 0.827. The van der Waals surface area contributed by atoms with E-state index in [1.807, 2.05) is 19.2 Å². The van der Waals surface area contributed by atoms with Crippen LogP contribution in [0.15, 0.2) is 24.5 Å². The van der Waals surface area contributed by atoms with E-state index in [9.17, 15) is 4.79 Å². The van der Waals surface area contributed by atoms with Crippen LogP contribution in [-0.2, 0) is 11.3 Å². The molecule has 2 unspecified atom stereocenters. The van der Waals surface area contributed by atoms with Crippen molar-refractivity contribution >= 4 is 5.91 Å². The Morgan fingerprint density at radius 1 is 1.50 bits per heavy atom. The van der Waals surface area contributed by atoms with E-state index >= 15 is 0 Å². The van der Waals surface area contributed by atoms with Crippen LogP contribution in [0.1, 0.15) is 25.3 Å². The molecule has 0 aromatic carbocycles. The van der Waals surface area contributed by atoms with Crippen molar-refractivity contribution in [3.05, 3.63) is 30.1 Å². The fourth-order valence-electron chi connectivity index (χ4n) is 2.40. The van der Waals surface area contributed by atoms with Crippen LogP contribution in [0.2, 0.25) is 0 Å². The molecule has 0 aliphatic carbocycles. The van der Waals surface area contributed by atoms with Gasteiger partial charge in [0.25, 0.3) is 0 Å². The summed E-state index contributed by atoms with van der Waals surface area (Å²) in [7, 11) is 1.86. The maximum atomic E-state index is 12.3. The SMILES string of the molecule is CC1CCNC(C(=O)N(C)Cc2ccncc2)C1. The Labute approximate surface area is 108 Å². The van der Waals surface area contributed by atoms with E-state index < -0.39 is 0 Å². The van der Waals surface area contributed by atoms with Gasteiger partial charge in [-0.1, -0.05) is 6.92 Å². The highest BCUT2D eigenvalue weighted by atomic mass is 16.2. The first kappa shape index (κ1) is 13.0. The molecule has 18 heavy (non-hydrogen) atoms. The summed E-state index contributed by atoms with van der Waals surface area (Å²) in [4.78, 5) is 18.1. The van der Waals surface area contributed by atoms with Crippen LogP contribution in [0.3, 0.4) is 0 Å². The quantitative estimate of drug-likeness (QED) is 0.879. The molecule has 1 aromatic heterocycles. The Kier molecular flexibility index (Phi) is 4.31. The Balaban J connectivity index is 1.92. The third kappa shape index (κ3) is 3.29. The summed E-state index contributed by atoms with van der Waals surface area (Å²) in [6, 6.07) is 3.88. The standard InChI is InChI=1S/C14H21N3O/c1-11-3-8-16-13(9-11)14(18)17(2)10-12-4-6-15-7-5-12/h4-7,11,13,16H,3,8-10H2,1-2H3. The third-order valence-corrected chi connectivity index (χ3v) is 3.51. The van der Waals surface area contributed by atoms with E-state index in [-0.39, 0.29) is 11.9 Å². The Morgan fingerprint density at radius 2 is 2.22 bits per heavy atom. The normalized spacial score (nSPS) is 23.7. The first-order valence-electron chi connectivity index (χ1n) is 6.54. The van der Waals surface area contributed by atoms with Crippen molar-refractivity contribution in [1.29, 1.82) is 0 Å². The lowest BCUT2D eigenvalue weighted by Gasteiger charge is -2.30. The molecular weight excluding hydrogens is 226 g/mol. The molecule has 1 fully saturated rings. The predicted molar refractivity (Wildman–Crippen MR) is 70.9 cm³/mol. The molecule has 2 heterocycles. The van der Waals surface area contributed by atoms with Crippen LogP contribution < -0.4 is 5.32 Å². The summed E-state index contributed by atoms with van der Waals surface area (Å²) in [5, 5.41) is 3.31. The molecule has 0 radical (unpaired) electrons. The van der Waals surface area contributed by atoms with Gasteiger partial charge in [-0.15, -0.1) is 0 Å². The summed E-state index contributed by atoms with van der Waals surface area (Å²) in [6.45, 7) is 3.80. The maximum Gasteiger partial charge on any atom is 0.239 e. The van der Waals surface area contributed by atoms with Crippen LogP contribution in [0.5, 0.6) is 0 Å². The van der Waals surface area contributed by atoms with E-state index in [2.05, 4.69) is 17.2 Å². The largest absolute Gasteiger partial charge is 0.340 e. The lowest BCUT2D eigenvalue weighted by atomic mass is 9.93. The third-order valence-electron chi connectivity index (χ3n) is 3.51. The molecule has 0 saturated carbocycles. The second kappa shape index (κ2) is 5.96. The van der Waals surface area contributed by atoms with Gasteiger partial charge in [-0.2, -0.15) is 0 Å². The monoisotopic (exact) mass is 247 g/mol. The van der Waals surface area contributed by atoms with Crippen molar-refractivity contribution < 1.29 is 4.79 Å². The van der Waals surface area contributed by atoms with Gasteiger partial charge in [0.15, 0.2) is 0 Å². The summed E-state index contributed by atoms with van der Waals surface area (Å²) in [6.07, 6.45) is 5.63. The second-order valence-electron chi connectivity index (χ2n) is 5.19. The average molecular weight is 247 g/mol. The maximum absolute atomic E-state index is 12.3. The molecular formula is C14H21N3O. The van der Waals surface area contributed by atoms with Gasteiger partial charge in [0.1, 0.15) is 0 Å². The van der Waals surface area contributed by atoms with E-state index in [0.29, 0.717) is 12.5 Å². The minimum atomic E-state index is -0.0133. The number of likely N-dealkylation sites (N-methyl/N-ethyl adjacent to an activating group) is 1. The topological polar surface area (TPSA) is 45.2 Å². The first-order valence-corrected chi connectivity index (χ1v) is 6.54. The number of carbonyl (C=O) groups excluding carboxylic acids is 1. The highest BCUT2D eigenvalue weighted by molar-refractivity contribution is 5.81. The van der Waals surface area contributed by atoms with E-state index in [0.717, 1.165) is 24.9 Å². The Morgan fingerprint density at radius 3 is 2.89 bits per heavy atom.